The molecular weight excluding hydrogens is 242 g/mol. The highest BCUT2D eigenvalue weighted by Gasteiger charge is 2.12. The first-order chi connectivity index (χ1) is 8.70. The van der Waals surface area contributed by atoms with Gasteiger partial charge in [0.1, 0.15) is 5.01 Å². The van der Waals surface area contributed by atoms with Crippen molar-refractivity contribution in [3.8, 4) is 6.07 Å². The van der Waals surface area contributed by atoms with Crippen molar-refractivity contribution in [2.45, 2.75) is 32.9 Å². The van der Waals surface area contributed by atoms with Gasteiger partial charge in [0.25, 0.3) is 0 Å². The molecule has 0 aliphatic heterocycles. The summed E-state index contributed by atoms with van der Waals surface area (Å²) in [6.45, 7) is 5.96. The maximum Gasteiger partial charge on any atom is 0.108 e. The van der Waals surface area contributed by atoms with Gasteiger partial charge in [-0.25, -0.2) is 4.98 Å². The number of benzene rings is 1. The van der Waals surface area contributed by atoms with Gasteiger partial charge in [-0.1, -0.05) is 12.1 Å². The molecule has 0 bridgehead atoms. The minimum Gasteiger partial charge on any atom is -0.293 e. The van der Waals surface area contributed by atoms with Crippen molar-refractivity contribution in [1.82, 2.24) is 9.88 Å². The van der Waals surface area contributed by atoms with Crippen molar-refractivity contribution in [2.75, 3.05) is 6.54 Å². The van der Waals surface area contributed by atoms with E-state index in [1.807, 2.05) is 18.2 Å². The molecule has 0 unspecified atom stereocenters. The number of hydrogen-bond acceptors (Lipinski definition) is 4. The van der Waals surface area contributed by atoms with Gasteiger partial charge in [-0.15, -0.1) is 11.3 Å². The molecule has 0 amide bonds. The second-order valence-corrected chi connectivity index (χ2v) is 5.66. The molecule has 0 fully saturated rings. The second-order valence-electron chi connectivity index (χ2n) is 4.55. The first kappa shape index (κ1) is 13.0. The molecule has 0 saturated carbocycles. The van der Waals surface area contributed by atoms with E-state index in [-0.39, 0.29) is 0 Å². The van der Waals surface area contributed by atoms with Crippen molar-refractivity contribution in [1.29, 1.82) is 5.26 Å². The Morgan fingerprint density at radius 3 is 2.83 bits per heavy atom. The third-order valence-corrected chi connectivity index (χ3v) is 3.94. The molecule has 4 heteroatoms. The Bertz CT molecular complexity index is 520. The number of para-hydroxylation sites is 1. The predicted octanol–water partition coefficient (Wildman–Crippen LogP) is 3.42. The maximum absolute atomic E-state index is 8.69. The smallest absolute Gasteiger partial charge is 0.108 e. The van der Waals surface area contributed by atoms with Crippen LogP contribution in [-0.2, 0) is 6.54 Å². The van der Waals surface area contributed by atoms with Crippen molar-refractivity contribution >= 4 is 21.6 Å². The Labute approximate surface area is 112 Å². The van der Waals surface area contributed by atoms with Crippen molar-refractivity contribution in [2.24, 2.45) is 0 Å². The van der Waals surface area contributed by atoms with E-state index in [0.717, 1.165) is 23.6 Å². The lowest BCUT2D eigenvalue weighted by atomic mass is 10.3. The molecule has 0 aliphatic rings. The summed E-state index contributed by atoms with van der Waals surface area (Å²) in [6.07, 6.45) is 0.572. The maximum atomic E-state index is 8.69. The normalized spacial score (nSPS) is 11.3. The van der Waals surface area contributed by atoms with E-state index in [0.29, 0.717) is 12.5 Å². The zero-order valence-electron chi connectivity index (χ0n) is 10.8. The van der Waals surface area contributed by atoms with Crippen LogP contribution in [-0.4, -0.2) is 22.5 Å². The van der Waals surface area contributed by atoms with Gasteiger partial charge >= 0.3 is 0 Å². The Morgan fingerprint density at radius 1 is 1.39 bits per heavy atom. The fraction of sp³-hybridized carbons (Fsp3) is 0.429. The van der Waals surface area contributed by atoms with Crippen LogP contribution in [0.15, 0.2) is 24.3 Å². The summed E-state index contributed by atoms with van der Waals surface area (Å²) >= 11 is 1.74. The van der Waals surface area contributed by atoms with Crippen LogP contribution in [0.3, 0.4) is 0 Å². The minimum absolute atomic E-state index is 0.436. The SMILES string of the molecule is CC(C)N(CCC#N)Cc1nc2ccccc2s1. The molecular formula is C14H17N3S. The number of thiazole rings is 1. The van der Waals surface area contributed by atoms with E-state index in [9.17, 15) is 0 Å². The van der Waals surface area contributed by atoms with E-state index in [4.69, 9.17) is 5.26 Å². The molecule has 0 N–H and O–H groups in total. The summed E-state index contributed by atoms with van der Waals surface area (Å²) < 4.78 is 1.23. The molecule has 1 heterocycles. The Kier molecular flexibility index (Phi) is 4.29. The van der Waals surface area contributed by atoms with E-state index in [2.05, 4.69) is 35.9 Å². The van der Waals surface area contributed by atoms with E-state index in [1.54, 1.807) is 11.3 Å². The number of rotatable bonds is 5. The van der Waals surface area contributed by atoms with Crippen LogP contribution in [0, 0.1) is 11.3 Å². The molecule has 3 nitrogen and oxygen atoms in total. The number of fused-ring (bicyclic) bond motifs is 1. The highest BCUT2D eigenvalue weighted by molar-refractivity contribution is 7.18. The number of hydrogen-bond donors (Lipinski definition) is 0. The van der Waals surface area contributed by atoms with Gasteiger partial charge < -0.3 is 0 Å². The molecule has 0 saturated heterocycles. The largest absolute Gasteiger partial charge is 0.293 e. The molecule has 1 aromatic carbocycles. The van der Waals surface area contributed by atoms with E-state index in [1.165, 1.54) is 4.70 Å². The summed E-state index contributed by atoms with van der Waals surface area (Å²) in [5.74, 6) is 0. The fourth-order valence-corrected chi connectivity index (χ4v) is 2.87. The standard InChI is InChI=1S/C14H17N3S/c1-11(2)17(9-5-8-15)10-14-16-12-6-3-4-7-13(12)18-14/h3-4,6-7,11H,5,9-10H2,1-2H3. The molecule has 2 aromatic rings. The first-order valence-corrected chi connectivity index (χ1v) is 6.98. The molecule has 1 aromatic heterocycles. The zero-order chi connectivity index (χ0) is 13.0. The average molecular weight is 259 g/mol. The first-order valence-electron chi connectivity index (χ1n) is 6.16. The Hall–Kier alpha value is -1.44. The van der Waals surface area contributed by atoms with Crippen LogP contribution >= 0.6 is 11.3 Å². The third kappa shape index (κ3) is 3.06. The second kappa shape index (κ2) is 5.94. The molecule has 0 radical (unpaired) electrons. The summed E-state index contributed by atoms with van der Waals surface area (Å²) in [6, 6.07) is 10.8. The molecule has 94 valence electrons. The monoisotopic (exact) mass is 259 g/mol. The van der Waals surface area contributed by atoms with Crippen molar-refractivity contribution in [3.63, 3.8) is 0 Å². The molecule has 18 heavy (non-hydrogen) atoms. The number of aromatic nitrogens is 1. The summed E-state index contributed by atoms with van der Waals surface area (Å²) in [5, 5.41) is 9.82. The third-order valence-electron chi connectivity index (χ3n) is 2.92. The topological polar surface area (TPSA) is 39.9 Å². The summed E-state index contributed by atoms with van der Waals surface area (Å²) in [5.41, 5.74) is 1.07. The Balaban J connectivity index is 2.13. The van der Waals surface area contributed by atoms with Crippen LogP contribution in [0.5, 0.6) is 0 Å². The van der Waals surface area contributed by atoms with Gasteiger partial charge in [0.05, 0.1) is 22.8 Å². The average Bonchev–Trinajstić information content (AvgIpc) is 2.76. The van der Waals surface area contributed by atoms with Gasteiger partial charge in [0.2, 0.25) is 0 Å². The molecule has 0 spiro atoms. The van der Waals surface area contributed by atoms with Crippen molar-refractivity contribution < 1.29 is 0 Å². The summed E-state index contributed by atoms with van der Waals surface area (Å²) in [7, 11) is 0. The lowest BCUT2D eigenvalue weighted by Gasteiger charge is -2.24. The lowest BCUT2D eigenvalue weighted by molar-refractivity contribution is 0.218. The van der Waals surface area contributed by atoms with E-state index >= 15 is 0 Å². The minimum atomic E-state index is 0.436. The quantitative estimate of drug-likeness (QED) is 0.826. The molecule has 0 aliphatic carbocycles. The number of nitriles is 1. The van der Waals surface area contributed by atoms with Gasteiger partial charge in [0.15, 0.2) is 0 Å². The Morgan fingerprint density at radius 2 is 2.17 bits per heavy atom. The number of nitrogens with zero attached hydrogens (tertiary/aromatic N) is 3. The van der Waals surface area contributed by atoms with Gasteiger partial charge in [-0.2, -0.15) is 5.26 Å². The van der Waals surface area contributed by atoms with Gasteiger partial charge in [-0.3, -0.25) is 4.90 Å². The zero-order valence-corrected chi connectivity index (χ0v) is 11.6. The van der Waals surface area contributed by atoms with Gasteiger partial charge in [-0.05, 0) is 26.0 Å². The van der Waals surface area contributed by atoms with Crippen molar-refractivity contribution in [3.05, 3.63) is 29.3 Å². The van der Waals surface area contributed by atoms with Gasteiger partial charge in [0, 0.05) is 19.0 Å². The van der Waals surface area contributed by atoms with Crippen LogP contribution in [0.2, 0.25) is 0 Å². The van der Waals surface area contributed by atoms with Crippen LogP contribution in [0.25, 0.3) is 10.2 Å². The highest BCUT2D eigenvalue weighted by atomic mass is 32.1. The molecule has 2 rings (SSSR count). The van der Waals surface area contributed by atoms with Crippen LogP contribution < -0.4 is 0 Å². The highest BCUT2D eigenvalue weighted by Crippen LogP contribution is 2.23. The molecule has 0 atom stereocenters. The fourth-order valence-electron chi connectivity index (χ4n) is 1.87. The van der Waals surface area contributed by atoms with Crippen LogP contribution in [0.4, 0.5) is 0 Å². The predicted molar refractivity (Wildman–Crippen MR) is 75.4 cm³/mol. The van der Waals surface area contributed by atoms with Crippen LogP contribution in [0.1, 0.15) is 25.3 Å². The lowest BCUT2D eigenvalue weighted by Crippen LogP contribution is -2.31. The van der Waals surface area contributed by atoms with E-state index < -0.39 is 0 Å². The summed E-state index contributed by atoms with van der Waals surface area (Å²) in [4.78, 5) is 6.93.